The molecular weight excluding hydrogens is 316 g/mol. The van der Waals surface area contributed by atoms with Crippen LogP contribution < -0.4 is 10.6 Å². The Morgan fingerprint density at radius 2 is 1.80 bits per heavy atom. The monoisotopic (exact) mass is 336 g/mol. The summed E-state index contributed by atoms with van der Waals surface area (Å²) >= 11 is 0. The maximum absolute atomic E-state index is 12.3. The normalized spacial score (nSPS) is 11.9. The highest BCUT2D eigenvalue weighted by molar-refractivity contribution is 5.88. The van der Waals surface area contributed by atoms with E-state index in [1.807, 2.05) is 49.4 Å². The Balaban J connectivity index is 1.60. The number of para-hydroxylation sites is 1. The van der Waals surface area contributed by atoms with Crippen molar-refractivity contribution in [1.29, 1.82) is 0 Å². The second kappa shape index (κ2) is 7.21. The molecule has 0 unspecified atom stereocenters. The van der Waals surface area contributed by atoms with Gasteiger partial charge in [0.1, 0.15) is 11.3 Å². The quantitative estimate of drug-likeness (QED) is 0.744. The number of amides is 2. The number of benzene rings is 2. The molecule has 3 rings (SSSR count). The van der Waals surface area contributed by atoms with Gasteiger partial charge in [-0.05, 0) is 36.8 Å². The molecule has 1 atom stereocenters. The highest BCUT2D eigenvalue weighted by Gasteiger charge is 2.14. The third-order valence-corrected chi connectivity index (χ3v) is 3.89. The number of furan rings is 1. The van der Waals surface area contributed by atoms with E-state index >= 15 is 0 Å². The molecule has 0 aliphatic rings. The van der Waals surface area contributed by atoms with E-state index in [0.29, 0.717) is 5.69 Å². The van der Waals surface area contributed by atoms with Gasteiger partial charge in [-0.2, -0.15) is 0 Å². The minimum atomic E-state index is -0.210. The fourth-order valence-electron chi connectivity index (χ4n) is 2.67. The van der Waals surface area contributed by atoms with Crippen molar-refractivity contribution in [2.75, 3.05) is 5.32 Å². The largest absolute Gasteiger partial charge is 0.459 e. The average molecular weight is 336 g/mol. The molecule has 0 bridgehead atoms. The van der Waals surface area contributed by atoms with Gasteiger partial charge < -0.3 is 15.1 Å². The van der Waals surface area contributed by atoms with E-state index in [0.717, 1.165) is 22.3 Å². The van der Waals surface area contributed by atoms with Crippen LogP contribution in [0.2, 0.25) is 0 Å². The van der Waals surface area contributed by atoms with Crippen molar-refractivity contribution >= 4 is 28.5 Å². The smallest absolute Gasteiger partial charge is 0.224 e. The third-order valence-electron chi connectivity index (χ3n) is 3.89. The van der Waals surface area contributed by atoms with Crippen LogP contribution in [0.3, 0.4) is 0 Å². The number of rotatable bonds is 5. The van der Waals surface area contributed by atoms with Crippen LogP contribution >= 0.6 is 0 Å². The number of hydrogen-bond acceptors (Lipinski definition) is 3. The van der Waals surface area contributed by atoms with Gasteiger partial charge in [0.25, 0.3) is 0 Å². The number of hydrogen-bond donors (Lipinski definition) is 2. The van der Waals surface area contributed by atoms with Gasteiger partial charge in [0.05, 0.1) is 12.5 Å². The van der Waals surface area contributed by atoms with Gasteiger partial charge in [-0.3, -0.25) is 9.59 Å². The van der Waals surface area contributed by atoms with E-state index in [1.54, 1.807) is 12.1 Å². The number of anilines is 1. The summed E-state index contributed by atoms with van der Waals surface area (Å²) < 4.78 is 5.78. The molecule has 2 aromatic carbocycles. The molecule has 25 heavy (non-hydrogen) atoms. The topological polar surface area (TPSA) is 71.3 Å². The van der Waals surface area contributed by atoms with Gasteiger partial charge >= 0.3 is 0 Å². The SMILES string of the molecule is CC(=O)Nc1ccc(CC(=O)N[C@@H](C)c2cc3ccccc3o2)cc1. The molecule has 0 saturated heterocycles. The van der Waals surface area contributed by atoms with Crippen LogP contribution in [-0.2, 0) is 16.0 Å². The van der Waals surface area contributed by atoms with Crippen LogP contribution in [0.5, 0.6) is 0 Å². The summed E-state index contributed by atoms with van der Waals surface area (Å²) in [5.41, 5.74) is 2.41. The standard InChI is InChI=1S/C20H20N2O3/c1-13(19-12-16-5-3-4-6-18(16)25-19)21-20(24)11-15-7-9-17(10-8-15)22-14(2)23/h3-10,12-13H,11H2,1-2H3,(H,21,24)(H,22,23)/t13-/m0/s1. The summed E-state index contributed by atoms with van der Waals surface area (Å²) in [6.45, 7) is 3.36. The maximum atomic E-state index is 12.3. The van der Waals surface area contributed by atoms with Crippen LogP contribution in [0.25, 0.3) is 11.0 Å². The first-order valence-corrected chi connectivity index (χ1v) is 8.15. The van der Waals surface area contributed by atoms with Crippen LogP contribution in [-0.4, -0.2) is 11.8 Å². The lowest BCUT2D eigenvalue weighted by molar-refractivity contribution is -0.121. The Kier molecular flexibility index (Phi) is 4.84. The van der Waals surface area contributed by atoms with Crippen LogP contribution in [0.4, 0.5) is 5.69 Å². The van der Waals surface area contributed by atoms with Crippen molar-refractivity contribution < 1.29 is 14.0 Å². The van der Waals surface area contributed by atoms with E-state index in [1.165, 1.54) is 6.92 Å². The molecule has 0 aliphatic heterocycles. The number of carbonyl (C=O) groups is 2. The second-order valence-corrected chi connectivity index (χ2v) is 6.03. The molecule has 0 saturated carbocycles. The minimum Gasteiger partial charge on any atom is -0.459 e. The fourth-order valence-corrected chi connectivity index (χ4v) is 2.67. The summed E-state index contributed by atoms with van der Waals surface area (Å²) in [5.74, 6) is 0.529. The predicted octanol–water partition coefficient (Wildman–Crippen LogP) is 3.81. The third kappa shape index (κ3) is 4.26. The van der Waals surface area contributed by atoms with E-state index in [9.17, 15) is 9.59 Å². The van der Waals surface area contributed by atoms with Crippen molar-refractivity contribution in [3.05, 3.63) is 65.9 Å². The van der Waals surface area contributed by atoms with E-state index in [2.05, 4.69) is 10.6 Å². The molecular formula is C20H20N2O3. The summed E-state index contributed by atoms with van der Waals surface area (Å²) in [7, 11) is 0. The lowest BCUT2D eigenvalue weighted by Crippen LogP contribution is -2.27. The number of carbonyl (C=O) groups excluding carboxylic acids is 2. The summed E-state index contributed by atoms with van der Waals surface area (Å²) in [5, 5.41) is 6.67. The van der Waals surface area contributed by atoms with Gasteiger partial charge in [-0.25, -0.2) is 0 Å². The molecule has 0 fully saturated rings. The molecule has 0 spiro atoms. The Morgan fingerprint density at radius 3 is 2.48 bits per heavy atom. The van der Waals surface area contributed by atoms with Crippen molar-refractivity contribution in [3.63, 3.8) is 0 Å². The molecule has 0 aliphatic carbocycles. The zero-order chi connectivity index (χ0) is 17.8. The Morgan fingerprint density at radius 1 is 1.08 bits per heavy atom. The minimum absolute atomic E-state index is 0.0831. The van der Waals surface area contributed by atoms with Gasteiger partial charge in [0, 0.05) is 18.0 Å². The highest BCUT2D eigenvalue weighted by Crippen LogP contribution is 2.23. The Labute approximate surface area is 146 Å². The second-order valence-electron chi connectivity index (χ2n) is 6.03. The fraction of sp³-hybridized carbons (Fsp3) is 0.200. The number of nitrogens with one attached hydrogen (secondary N) is 2. The number of fused-ring (bicyclic) bond motifs is 1. The van der Waals surface area contributed by atoms with Crippen molar-refractivity contribution in [1.82, 2.24) is 5.32 Å². The summed E-state index contributed by atoms with van der Waals surface area (Å²) in [6, 6.07) is 16.7. The molecule has 2 amide bonds. The van der Waals surface area contributed by atoms with E-state index in [-0.39, 0.29) is 24.3 Å². The van der Waals surface area contributed by atoms with E-state index in [4.69, 9.17) is 4.42 Å². The Bertz CT molecular complexity index is 864. The van der Waals surface area contributed by atoms with Crippen molar-refractivity contribution in [2.24, 2.45) is 0 Å². The van der Waals surface area contributed by atoms with Crippen LogP contribution in [0.1, 0.15) is 31.2 Å². The maximum Gasteiger partial charge on any atom is 0.224 e. The first-order valence-electron chi connectivity index (χ1n) is 8.15. The van der Waals surface area contributed by atoms with Crippen molar-refractivity contribution in [2.45, 2.75) is 26.3 Å². The molecule has 5 nitrogen and oxygen atoms in total. The molecule has 1 aromatic heterocycles. The highest BCUT2D eigenvalue weighted by atomic mass is 16.3. The first kappa shape index (κ1) is 16.8. The lowest BCUT2D eigenvalue weighted by atomic mass is 10.1. The van der Waals surface area contributed by atoms with Gasteiger partial charge in [-0.1, -0.05) is 30.3 Å². The predicted molar refractivity (Wildman–Crippen MR) is 97.2 cm³/mol. The van der Waals surface area contributed by atoms with Crippen molar-refractivity contribution in [3.8, 4) is 0 Å². The zero-order valence-corrected chi connectivity index (χ0v) is 14.2. The molecule has 0 radical (unpaired) electrons. The van der Waals surface area contributed by atoms with Crippen LogP contribution in [0, 0.1) is 0 Å². The van der Waals surface area contributed by atoms with E-state index < -0.39 is 0 Å². The van der Waals surface area contributed by atoms with Gasteiger partial charge in [0.15, 0.2) is 0 Å². The molecule has 5 heteroatoms. The molecule has 3 aromatic rings. The average Bonchev–Trinajstić information content (AvgIpc) is 3.00. The first-order chi connectivity index (χ1) is 12.0. The van der Waals surface area contributed by atoms with Gasteiger partial charge in [0.2, 0.25) is 11.8 Å². The molecule has 2 N–H and O–H groups in total. The zero-order valence-electron chi connectivity index (χ0n) is 14.2. The molecule has 128 valence electrons. The molecule has 1 heterocycles. The lowest BCUT2D eigenvalue weighted by Gasteiger charge is -2.11. The van der Waals surface area contributed by atoms with Gasteiger partial charge in [-0.15, -0.1) is 0 Å². The Hall–Kier alpha value is -3.08. The van der Waals surface area contributed by atoms with Crippen LogP contribution in [0.15, 0.2) is 59.0 Å². The summed E-state index contributed by atoms with van der Waals surface area (Å²) in [4.78, 5) is 23.3. The summed E-state index contributed by atoms with van der Waals surface area (Å²) in [6.07, 6.45) is 0.269.